The van der Waals surface area contributed by atoms with E-state index < -0.39 is 18.0 Å². The molecule has 4 amide bonds. The molecule has 0 aromatic carbocycles. The number of amides is 4. The van der Waals surface area contributed by atoms with E-state index in [4.69, 9.17) is 0 Å². The Morgan fingerprint density at radius 2 is 2.22 bits per heavy atom. The maximum absolute atomic E-state index is 11.8. The Morgan fingerprint density at radius 3 is 2.83 bits per heavy atom. The van der Waals surface area contributed by atoms with Crippen LogP contribution in [0.1, 0.15) is 12.0 Å². The van der Waals surface area contributed by atoms with Gasteiger partial charge in [0, 0.05) is 12.7 Å². The van der Waals surface area contributed by atoms with Gasteiger partial charge in [-0.1, -0.05) is 6.07 Å². The van der Waals surface area contributed by atoms with Gasteiger partial charge in [-0.2, -0.15) is 5.10 Å². The molecule has 10 nitrogen and oxygen atoms in total. The highest BCUT2D eigenvalue weighted by Gasteiger charge is 2.31. The van der Waals surface area contributed by atoms with Crippen molar-refractivity contribution in [3.05, 3.63) is 36.5 Å². The van der Waals surface area contributed by atoms with E-state index in [2.05, 4.69) is 31.0 Å². The lowest BCUT2D eigenvalue weighted by molar-refractivity contribution is -0.126. The van der Waals surface area contributed by atoms with Crippen LogP contribution >= 0.6 is 0 Å². The lowest BCUT2D eigenvalue weighted by atomic mass is 10.2. The minimum absolute atomic E-state index is 0.109. The zero-order chi connectivity index (χ0) is 16.2. The number of pyridine rings is 1. The molecular weight excluding hydrogens is 302 g/mol. The summed E-state index contributed by atoms with van der Waals surface area (Å²) in [6, 6.07) is 2.14. The summed E-state index contributed by atoms with van der Waals surface area (Å²) < 4.78 is 1.52. The van der Waals surface area contributed by atoms with Gasteiger partial charge in [0.05, 0.1) is 6.42 Å². The monoisotopic (exact) mass is 315 g/mol. The van der Waals surface area contributed by atoms with Crippen molar-refractivity contribution < 1.29 is 14.4 Å². The Bertz CT molecular complexity index is 727. The van der Waals surface area contributed by atoms with E-state index in [-0.39, 0.29) is 18.9 Å². The van der Waals surface area contributed by atoms with Crippen LogP contribution in [-0.4, -0.2) is 43.6 Å². The van der Waals surface area contributed by atoms with E-state index in [0.29, 0.717) is 5.82 Å². The number of rotatable bonds is 5. The predicted molar refractivity (Wildman–Crippen MR) is 76.1 cm³/mol. The molecule has 0 radical (unpaired) electrons. The summed E-state index contributed by atoms with van der Waals surface area (Å²) in [4.78, 5) is 42.1. The first-order chi connectivity index (χ1) is 11.1. The highest BCUT2D eigenvalue weighted by molar-refractivity contribution is 6.05. The third-order valence-electron chi connectivity index (χ3n) is 3.20. The first-order valence-corrected chi connectivity index (χ1v) is 6.80. The zero-order valence-electron chi connectivity index (χ0n) is 11.9. The third-order valence-corrected chi connectivity index (χ3v) is 3.20. The zero-order valence-corrected chi connectivity index (χ0v) is 11.9. The molecule has 0 spiro atoms. The normalized spacial score (nSPS) is 16.8. The summed E-state index contributed by atoms with van der Waals surface area (Å²) in [7, 11) is 0. The number of urea groups is 1. The molecule has 118 valence electrons. The molecule has 3 rings (SSSR count). The first kappa shape index (κ1) is 14.6. The number of hydrogen-bond acceptors (Lipinski definition) is 6. The second kappa shape index (κ2) is 6.22. The van der Waals surface area contributed by atoms with Gasteiger partial charge < -0.3 is 10.6 Å². The molecule has 1 saturated heterocycles. The average Bonchev–Trinajstić information content (AvgIpc) is 3.16. The fraction of sp³-hybridized carbons (Fsp3) is 0.231. The smallest absolute Gasteiger partial charge is 0.322 e. The van der Waals surface area contributed by atoms with Gasteiger partial charge in [0.25, 0.3) is 5.91 Å². The highest BCUT2D eigenvalue weighted by atomic mass is 16.2. The summed E-state index contributed by atoms with van der Waals surface area (Å²) in [5.41, 5.74) is 0.794. The Hall–Kier alpha value is -3.30. The lowest BCUT2D eigenvalue weighted by Crippen LogP contribution is -2.36. The third kappa shape index (κ3) is 3.48. The van der Waals surface area contributed by atoms with E-state index in [9.17, 15) is 14.4 Å². The number of carbonyl (C=O) groups is 3. The second-order valence-corrected chi connectivity index (χ2v) is 4.86. The van der Waals surface area contributed by atoms with Gasteiger partial charge in [-0.3, -0.25) is 14.9 Å². The number of hydrogen-bond donors (Lipinski definition) is 3. The van der Waals surface area contributed by atoms with Gasteiger partial charge in [0.2, 0.25) is 5.91 Å². The summed E-state index contributed by atoms with van der Waals surface area (Å²) in [5.74, 6) is -0.223. The molecule has 1 unspecified atom stereocenters. The van der Waals surface area contributed by atoms with Crippen LogP contribution in [-0.2, 0) is 16.1 Å². The summed E-state index contributed by atoms with van der Waals surface area (Å²) in [6.45, 7) is 0.270. The van der Waals surface area contributed by atoms with Crippen LogP contribution in [0.4, 0.5) is 4.79 Å². The maximum atomic E-state index is 11.8. The minimum atomic E-state index is -0.824. The van der Waals surface area contributed by atoms with Crippen LogP contribution in [0.3, 0.4) is 0 Å². The standard InChI is InChI=1S/C13H13N7O3/c21-11(3-9-12(22)19-13(23)18-9)16-5-8-1-2-10(15-4-8)20-7-14-6-17-20/h1-2,4,6-7,9H,3,5H2,(H,16,21)(H2,18,19,22,23). The van der Waals surface area contributed by atoms with Crippen LogP contribution in [0.25, 0.3) is 5.82 Å². The molecule has 1 fully saturated rings. The lowest BCUT2D eigenvalue weighted by Gasteiger charge is -2.08. The molecule has 3 N–H and O–H groups in total. The van der Waals surface area contributed by atoms with Gasteiger partial charge >= 0.3 is 6.03 Å². The molecule has 1 aliphatic rings. The van der Waals surface area contributed by atoms with Crippen molar-refractivity contribution >= 4 is 17.8 Å². The maximum Gasteiger partial charge on any atom is 0.322 e. The van der Waals surface area contributed by atoms with Gasteiger partial charge in [-0.25, -0.2) is 19.4 Å². The van der Waals surface area contributed by atoms with Crippen LogP contribution in [0.15, 0.2) is 31.0 Å². The van der Waals surface area contributed by atoms with Crippen molar-refractivity contribution in [1.29, 1.82) is 0 Å². The van der Waals surface area contributed by atoms with Crippen molar-refractivity contribution in [3.8, 4) is 5.82 Å². The molecule has 0 saturated carbocycles. The second-order valence-electron chi connectivity index (χ2n) is 4.86. The van der Waals surface area contributed by atoms with E-state index in [1.807, 2.05) is 0 Å². The molecule has 0 aliphatic carbocycles. The Kier molecular flexibility index (Phi) is 3.95. The van der Waals surface area contributed by atoms with Gasteiger partial charge in [-0.15, -0.1) is 0 Å². The predicted octanol–water partition coefficient (Wildman–Crippen LogP) is -1.12. The fourth-order valence-corrected chi connectivity index (χ4v) is 2.04. The van der Waals surface area contributed by atoms with Crippen LogP contribution < -0.4 is 16.0 Å². The molecule has 2 aromatic rings. The summed E-state index contributed by atoms with van der Waals surface area (Å²) in [6.07, 6.45) is 4.45. The van der Waals surface area contributed by atoms with Crippen molar-refractivity contribution in [3.63, 3.8) is 0 Å². The van der Waals surface area contributed by atoms with Gasteiger partial charge in [0.1, 0.15) is 18.7 Å². The average molecular weight is 315 g/mol. The molecule has 1 aliphatic heterocycles. The van der Waals surface area contributed by atoms with Gasteiger partial charge in [0.15, 0.2) is 5.82 Å². The summed E-state index contributed by atoms with van der Waals surface area (Å²) >= 11 is 0. The molecule has 3 heterocycles. The quantitative estimate of drug-likeness (QED) is 0.599. The SMILES string of the molecule is O=C(CC1NC(=O)NC1=O)NCc1ccc(-n2cncn2)nc1. The van der Waals surface area contributed by atoms with E-state index >= 15 is 0 Å². The molecule has 0 bridgehead atoms. The summed E-state index contributed by atoms with van der Waals surface area (Å²) in [5, 5.41) is 11.1. The van der Waals surface area contributed by atoms with Crippen molar-refractivity contribution in [2.45, 2.75) is 19.0 Å². The Labute approximate surface area is 130 Å². The number of imide groups is 1. The number of carbonyl (C=O) groups excluding carboxylic acids is 3. The van der Waals surface area contributed by atoms with E-state index in [0.717, 1.165) is 5.56 Å². The van der Waals surface area contributed by atoms with E-state index in [1.165, 1.54) is 17.3 Å². The van der Waals surface area contributed by atoms with Crippen molar-refractivity contribution in [1.82, 2.24) is 35.7 Å². The largest absolute Gasteiger partial charge is 0.352 e. The topological polar surface area (TPSA) is 131 Å². The molecule has 10 heteroatoms. The Balaban J connectivity index is 1.51. The number of nitrogens with one attached hydrogen (secondary N) is 3. The van der Waals surface area contributed by atoms with Crippen molar-refractivity contribution in [2.24, 2.45) is 0 Å². The van der Waals surface area contributed by atoms with Gasteiger partial charge in [-0.05, 0) is 11.6 Å². The Morgan fingerprint density at radius 1 is 1.35 bits per heavy atom. The van der Waals surface area contributed by atoms with E-state index in [1.54, 1.807) is 18.3 Å². The molecular formula is C13H13N7O3. The fourth-order valence-electron chi connectivity index (χ4n) is 2.04. The van der Waals surface area contributed by atoms with Crippen LogP contribution in [0.2, 0.25) is 0 Å². The number of aromatic nitrogens is 4. The molecule has 23 heavy (non-hydrogen) atoms. The highest BCUT2D eigenvalue weighted by Crippen LogP contribution is 2.04. The van der Waals surface area contributed by atoms with Crippen molar-refractivity contribution in [2.75, 3.05) is 0 Å². The molecule has 2 aromatic heterocycles. The first-order valence-electron chi connectivity index (χ1n) is 6.80. The number of nitrogens with zero attached hydrogens (tertiary/aromatic N) is 4. The minimum Gasteiger partial charge on any atom is -0.352 e. The van der Waals surface area contributed by atoms with Crippen LogP contribution in [0, 0.1) is 0 Å². The molecule has 1 atom stereocenters. The van der Waals surface area contributed by atoms with Crippen LogP contribution in [0.5, 0.6) is 0 Å².